The molecule has 0 aliphatic rings. The molecule has 0 heterocycles. The summed E-state index contributed by atoms with van der Waals surface area (Å²) < 4.78 is 27.2. The zero-order chi connectivity index (χ0) is 24.0. The van der Waals surface area contributed by atoms with Crippen LogP contribution in [0, 0.1) is 0 Å². The molecule has 0 saturated heterocycles. The summed E-state index contributed by atoms with van der Waals surface area (Å²) >= 11 is 6.03. The number of aliphatic hydroxyl groups excluding tert-OH is 1. The number of halogens is 1. The van der Waals surface area contributed by atoms with Gasteiger partial charge in [0.2, 0.25) is 0 Å². The summed E-state index contributed by atoms with van der Waals surface area (Å²) in [5.41, 5.74) is 1.12. The molecule has 1 N–H and O–H groups in total. The third-order valence-corrected chi connectivity index (χ3v) is 5.31. The number of benzene rings is 3. The minimum atomic E-state index is -1.30. The zero-order valence-electron chi connectivity index (χ0n) is 18.7. The average molecular weight is 473 g/mol. The molecule has 8 heteroatoms. The number of rotatable bonds is 9. The summed E-state index contributed by atoms with van der Waals surface area (Å²) in [5, 5.41) is 11.8. The van der Waals surface area contributed by atoms with Gasteiger partial charge in [0.05, 0.1) is 34.0 Å². The fourth-order valence-corrected chi connectivity index (χ4v) is 3.57. The van der Waals surface area contributed by atoms with Crippen molar-refractivity contribution in [3.63, 3.8) is 0 Å². The first-order valence-electron chi connectivity index (χ1n) is 10.00. The molecule has 3 aromatic carbocycles. The first-order valence-corrected chi connectivity index (χ1v) is 10.4. The van der Waals surface area contributed by atoms with Gasteiger partial charge >= 0.3 is 5.97 Å². The van der Waals surface area contributed by atoms with Crippen molar-refractivity contribution in [3.05, 3.63) is 82.4 Å². The van der Waals surface area contributed by atoms with E-state index in [1.165, 1.54) is 34.5 Å². The largest absolute Gasteiger partial charge is 0.497 e. The van der Waals surface area contributed by atoms with Gasteiger partial charge in [-0.15, -0.1) is 0 Å². The maximum Gasteiger partial charge on any atom is 0.338 e. The van der Waals surface area contributed by atoms with Crippen LogP contribution in [-0.2, 0) is 4.74 Å². The highest BCUT2D eigenvalue weighted by Crippen LogP contribution is 2.41. The van der Waals surface area contributed by atoms with Gasteiger partial charge in [0.15, 0.2) is 17.6 Å². The molecule has 174 valence electrons. The monoisotopic (exact) mass is 472 g/mol. The predicted molar refractivity (Wildman–Crippen MR) is 124 cm³/mol. The molecule has 2 unspecified atom stereocenters. The van der Waals surface area contributed by atoms with Crippen molar-refractivity contribution in [2.24, 2.45) is 0 Å². The molecular formula is C25H25ClO7. The molecule has 0 radical (unpaired) electrons. The Balaban J connectivity index is 2.08. The quantitative estimate of drug-likeness (QED) is 0.438. The van der Waals surface area contributed by atoms with Crippen LogP contribution in [0.15, 0.2) is 60.7 Å². The minimum Gasteiger partial charge on any atom is -0.497 e. The number of esters is 1. The highest BCUT2D eigenvalue weighted by atomic mass is 35.5. The van der Waals surface area contributed by atoms with Crippen LogP contribution in [0.2, 0.25) is 5.02 Å². The Labute approximate surface area is 197 Å². The third kappa shape index (κ3) is 5.50. The van der Waals surface area contributed by atoms with Gasteiger partial charge in [0, 0.05) is 10.6 Å². The van der Waals surface area contributed by atoms with Crippen LogP contribution in [0.3, 0.4) is 0 Å². The lowest BCUT2D eigenvalue weighted by molar-refractivity contribution is -0.0217. The lowest BCUT2D eigenvalue weighted by atomic mass is 9.96. The Bertz CT molecular complexity index is 1120. The Hall–Kier alpha value is -3.42. The highest BCUT2D eigenvalue weighted by molar-refractivity contribution is 6.30. The second-order valence-electron chi connectivity index (χ2n) is 7.00. The van der Waals surface area contributed by atoms with E-state index in [-0.39, 0.29) is 5.56 Å². The number of methoxy groups -OCH3 is 4. The number of hydrogen-bond acceptors (Lipinski definition) is 7. The maximum atomic E-state index is 13.0. The van der Waals surface area contributed by atoms with Crippen LogP contribution in [0.4, 0.5) is 0 Å². The molecule has 7 nitrogen and oxygen atoms in total. The highest BCUT2D eigenvalue weighted by Gasteiger charge is 2.31. The summed E-state index contributed by atoms with van der Waals surface area (Å²) in [4.78, 5) is 13.0. The van der Waals surface area contributed by atoms with E-state index in [2.05, 4.69) is 0 Å². The van der Waals surface area contributed by atoms with Gasteiger partial charge in [-0.2, -0.15) is 0 Å². The van der Waals surface area contributed by atoms with Gasteiger partial charge in [-0.25, -0.2) is 4.79 Å². The van der Waals surface area contributed by atoms with Crippen LogP contribution in [-0.4, -0.2) is 39.5 Å². The van der Waals surface area contributed by atoms with Crippen LogP contribution in [0.25, 0.3) is 0 Å². The summed E-state index contributed by atoms with van der Waals surface area (Å²) in [6.07, 6.45) is -2.41. The predicted octanol–water partition coefficient (Wildman–Crippen LogP) is 5.01. The molecule has 0 aromatic heterocycles. The van der Waals surface area contributed by atoms with E-state index in [0.29, 0.717) is 39.1 Å². The Morgan fingerprint density at radius 1 is 0.818 bits per heavy atom. The van der Waals surface area contributed by atoms with Crippen LogP contribution >= 0.6 is 11.6 Å². The van der Waals surface area contributed by atoms with Crippen molar-refractivity contribution >= 4 is 17.6 Å². The van der Waals surface area contributed by atoms with E-state index in [0.717, 1.165) is 0 Å². The molecule has 0 saturated carbocycles. The second-order valence-corrected chi connectivity index (χ2v) is 7.44. The normalized spacial score (nSPS) is 12.4. The fourth-order valence-electron chi connectivity index (χ4n) is 3.38. The van der Waals surface area contributed by atoms with E-state index in [9.17, 15) is 9.90 Å². The van der Waals surface area contributed by atoms with E-state index >= 15 is 0 Å². The van der Waals surface area contributed by atoms with Crippen LogP contribution in [0.1, 0.15) is 33.7 Å². The lowest BCUT2D eigenvalue weighted by Crippen LogP contribution is -2.19. The van der Waals surface area contributed by atoms with Gasteiger partial charge in [-0.05, 0) is 54.1 Å². The Morgan fingerprint density at radius 2 is 1.52 bits per heavy atom. The molecule has 0 amide bonds. The van der Waals surface area contributed by atoms with Crippen LogP contribution < -0.4 is 18.9 Å². The van der Waals surface area contributed by atoms with Gasteiger partial charge in [-0.1, -0.05) is 23.7 Å². The summed E-state index contributed by atoms with van der Waals surface area (Å²) in [6, 6.07) is 16.4. The van der Waals surface area contributed by atoms with Crippen LogP contribution in [0.5, 0.6) is 23.0 Å². The minimum absolute atomic E-state index is 0.248. The van der Waals surface area contributed by atoms with E-state index in [4.69, 9.17) is 35.3 Å². The Morgan fingerprint density at radius 3 is 2.15 bits per heavy atom. The average Bonchev–Trinajstić information content (AvgIpc) is 2.85. The molecule has 33 heavy (non-hydrogen) atoms. The maximum absolute atomic E-state index is 13.0. The van der Waals surface area contributed by atoms with Gasteiger partial charge < -0.3 is 28.8 Å². The molecule has 3 rings (SSSR count). The Kier molecular flexibility index (Phi) is 8.03. The van der Waals surface area contributed by atoms with Gasteiger partial charge in [0.1, 0.15) is 17.6 Å². The fraction of sp³-hybridized carbons (Fsp3) is 0.240. The van der Waals surface area contributed by atoms with Crippen molar-refractivity contribution < 1.29 is 33.6 Å². The number of carbonyl (C=O) groups excluding carboxylic acids is 1. The molecule has 0 bridgehead atoms. The van der Waals surface area contributed by atoms with Crippen molar-refractivity contribution in [2.75, 3.05) is 28.4 Å². The SMILES string of the molecule is COc1ccc(OC)c(C(O)C(OC(=O)c2cccc(Cl)c2)c2ccc(OC)c(OC)c2)c1. The molecule has 2 atom stereocenters. The topological polar surface area (TPSA) is 83.5 Å². The first kappa shape index (κ1) is 24.2. The van der Waals surface area contributed by atoms with E-state index in [1.54, 1.807) is 54.6 Å². The second kappa shape index (κ2) is 10.9. The zero-order valence-corrected chi connectivity index (χ0v) is 19.5. The summed E-state index contributed by atoms with van der Waals surface area (Å²) in [7, 11) is 6.02. The van der Waals surface area contributed by atoms with E-state index in [1.807, 2.05) is 0 Å². The molecule has 0 aliphatic carbocycles. The lowest BCUT2D eigenvalue weighted by Gasteiger charge is -2.26. The standard InChI is InChI=1S/C25H25ClO7/c1-29-18-9-11-20(30-2)19(14-18)23(27)24(15-8-10-21(31-3)22(13-15)32-4)33-25(28)16-6-5-7-17(26)12-16/h5-14,23-24,27H,1-4H3. The molecule has 3 aromatic rings. The molecule has 0 spiro atoms. The number of ether oxygens (including phenoxy) is 5. The molecular weight excluding hydrogens is 448 g/mol. The van der Waals surface area contributed by atoms with Gasteiger partial charge in [0.25, 0.3) is 0 Å². The summed E-state index contributed by atoms with van der Waals surface area (Å²) in [5.74, 6) is 1.18. The van der Waals surface area contributed by atoms with E-state index < -0.39 is 18.2 Å². The molecule has 0 fully saturated rings. The first-order chi connectivity index (χ1) is 15.9. The molecule has 0 aliphatic heterocycles. The van der Waals surface area contributed by atoms with Gasteiger partial charge in [-0.3, -0.25) is 0 Å². The number of hydrogen-bond donors (Lipinski definition) is 1. The number of carbonyl (C=O) groups is 1. The van der Waals surface area contributed by atoms with Crippen molar-refractivity contribution in [1.82, 2.24) is 0 Å². The van der Waals surface area contributed by atoms with Crippen molar-refractivity contribution in [1.29, 1.82) is 0 Å². The third-order valence-electron chi connectivity index (χ3n) is 5.07. The van der Waals surface area contributed by atoms with Crippen molar-refractivity contribution in [2.45, 2.75) is 12.2 Å². The number of aliphatic hydroxyl groups is 1. The van der Waals surface area contributed by atoms with Crippen molar-refractivity contribution in [3.8, 4) is 23.0 Å². The summed E-state index contributed by atoms with van der Waals surface area (Å²) in [6.45, 7) is 0. The smallest absolute Gasteiger partial charge is 0.338 e.